The van der Waals surface area contributed by atoms with Crippen LogP contribution in [0.3, 0.4) is 0 Å². The number of anilines is 1. The minimum atomic E-state index is -3.94. The molecule has 0 spiro atoms. The van der Waals surface area contributed by atoms with Crippen molar-refractivity contribution in [3.63, 3.8) is 0 Å². The van der Waals surface area contributed by atoms with E-state index in [4.69, 9.17) is 0 Å². The van der Waals surface area contributed by atoms with Crippen LogP contribution in [-0.2, 0) is 14.8 Å². The van der Waals surface area contributed by atoms with Gasteiger partial charge in [0.05, 0.1) is 16.3 Å². The lowest BCUT2D eigenvalue weighted by molar-refractivity contribution is -0.119. The Hall–Kier alpha value is -3.45. The van der Waals surface area contributed by atoms with Crippen LogP contribution in [0, 0.1) is 6.92 Å². The lowest BCUT2D eigenvalue weighted by atomic mass is 10.1. The maximum atomic E-state index is 13.3. The Kier molecular flexibility index (Phi) is 6.64. The molecule has 0 aliphatic rings. The highest BCUT2D eigenvalue weighted by atomic mass is 32.2. The topological polar surface area (TPSA) is 78.8 Å². The zero-order valence-electron chi connectivity index (χ0n) is 16.8. The largest absolute Gasteiger partial charge is 0.271 e. The van der Waals surface area contributed by atoms with Crippen molar-refractivity contribution >= 4 is 27.3 Å². The molecule has 1 N–H and O–H groups in total. The first kappa shape index (κ1) is 21.3. The fourth-order valence-corrected chi connectivity index (χ4v) is 4.43. The fourth-order valence-electron chi connectivity index (χ4n) is 2.92. The number of nitrogens with one attached hydrogen (secondary N) is 1. The fraction of sp³-hybridized carbons (Fsp3) is 0.130. The van der Waals surface area contributed by atoms with E-state index < -0.39 is 22.5 Å². The molecule has 0 unspecified atom stereocenters. The summed E-state index contributed by atoms with van der Waals surface area (Å²) in [5.74, 6) is -0.534. The second-order valence-electron chi connectivity index (χ2n) is 6.71. The molecule has 0 heterocycles. The van der Waals surface area contributed by atoms with Gasteiger partial charge in [-0.05, 0) is 43.2 Å². The van der Waals surface area contributed by atoms with Crippen LogP contribution >= 0.6 is 0 Å². The number of para-hydroxylation sites is 1. The van der Waals surface area contributed by atoms with Crippen molar-refractivity contribution < 1.29 is 13.2 Å². The Labute approximate surface area is 176 Å². The van der Waals surface area contributed by atoms with Gasteiger partial charge < -0.3 is 0 Å². The molecule has 7 heteroatoms. The number of hydrogen-bond acceptors (Lipinski definition) is 4. The third-order valence-corrected chi connectivity index (χ3v) is 6.32. The normalized spacial score (nSPS) is 11.7. The van der Waals surface area contributed by atoms with Gasteiger partial charge in [0.15, 0.2) is 0 Å². The molecule has 0 aliphatic carbocycles. The number of carbonyl (C=O) groups excluding carboxylic acids is 1. The number of sulfonamides is 1. The van der Waals surface area contributed by atoms with E-state index in [9.17, 15) is 13.2 Å². The molecule has 0 radical (unpaired) electrons. The second kappa shape index (κ2) is 9.37. The Morgan fingerprint density at radius 3 is 2.10 bits per heavy atom. The molecule has 0 saturated heterocycles. The monoisotopic (exact) mass is 421 g/mol. The van der Waals surface area contributed by atoms with Crippen LogP contribution in [0.2, 0.25) is 0 Å². The van der Waals surface area contributed by atoms with Gasteiger partial charge in [-0.2, -0.15) is 5.10 Å². The first-order valence-electron chi connectivity index (χ1n) is 9.41. The molecule has 0 aromatic heterocycles. The van der Waals surface area contributed by atoms with Crippen LogP contribution in [0.25, 0.3) is 0 Å². The average Bonchev–Trinajstić information content (AvgIpc) is 2.77. The van der Waals surface area contributed by atoms with Gasteiger partial charge in [0.1, 0.15) is 6.54 Å². The molecule has 0 fully saturated rings. The van der Waals surface area contributed by atoms with Crippen molar-refractivity contribution in [1.82, 2.24) is 5.43 Å². The summed E-state index contributed by atoms with van der Waals surface area (Å²) >= 11 is 0. The van der Waals surface area contributed by atoms with Crippen LogP contribution in [0.1, 0.15) is 18.1 Å². The zero-order chi connectivity index (χ0) is 21.6. The summed E-state index contributed by atoms with van der Waals surface area (Å²) in [6.45, 7) is 3.18. The predicted octanol–water partition coefficient (Wildman–Crippen LogP) is 3.73. The van der Waals surface area contributed by atoms with Crippen molar-refractivity contribution in [1.29, 1.82) is 0 Å². The average molecular weight is 422 g/mol. The van der Waals surface area contributed by atoms with Gasteiger partial charge in [-0.15, -0.1) is 0 Å². The maximum Gasteiger partial charge on any atom is 0.264 e. The van der Waals surface area contributed by atoms with Gasteiger partial charge in [0.25, 0.3) is 15.9 Å². The Morgan fingerprint density at radius 1 is 0.900 bits per heavy atom. The minimum Gasteiger partial charge on any atom is -0.271 e. The van der Waals surface area contributed by atoms with E-state index in [1.54, 1.807) is 50.2 Å². The molecule has 0 saturated carbocycles. The van der Waals surface area contributed by atoms with Crippen LogP contribution in [-0.4, -0.2) is 26.6 Å². The van der Waals surface area contributed by atoms with E-state index >= 15 is 0 Å². The van der Waals surface area contributed by atoms with Crippen LogP contribution in [0.4, 0.5) is 5.69 Å². The summed E-state index contributed by atoms with van der Waals surface area (Å²) in [6.07, 6.45) is 0. The standard InChI is InChI=1S/C23H23N3O3S/c1-18-11-9-10-16-22(18)26(30(28,29)21-14-7-4-8-15-21)17-23(27)25-24-19(2)20-12-5-3-6-13-20/h3-16H,17H2,1-2H3,(H,25,27)/b24-19-. The Balaban J connectivity index is 1.88. The van der Waals surface area contributed by atoms with Crippen molar-refractivity contribution in [3.05, 3.63) is 96.1 Å². The van der Waals surface area contributed by atoms with E-state index in [2.05, 4.69) is 10.5 Å². The molecular weight excluding hydrogens is 398 g/mol. The van der Waals surface area contributed by atoms with Crippen LogP contribution in [0.5, 0.6) is 0 Å². The quantitative estimate of drug-likeness (QED) is 0.466. The van der Waals surface area contributed by atoms with Gasteiger partial charge in [-0.25, -0.2) is 13.8 Å². The van der Waals surface area contributed by atoms with E-state index in [1.807, 2.05) is 36.4 Å². The summed E-state index contributed by atoms with van der Waals surface area (Å²) in [5, 5.41) is 4.11. The molecule has 0 bridgehead atoms. The minimum absolute atomic E-state index is 0.116. The molecule has 3 rings (SSSR count). The number of carbonyl (C=O) groups is 1. The molecule has 30 heavy (non-hydrogen) atoms. The molecule has 0 atom stereocenters. The highest BCUT2D eigenvalue weighted by Gasteiger charge is 2.28. The summed E-state index contributed by atoms with van der Waals surface area (Å²) in [6, 6.07) is 24.5. The van der Waals surface area contributed by atoms with Crippen molar-refractivity contribution in [2.24, 2.45) is 5.10 Å². The number of rotatable bonds is 7. The molecule has 6 nitrogen and oxygen atoms in total. The lowest BCUT2D eigenvalue weighted by Crippen LogP contribution is -2.40. The summed E-state index contributed by atoms with van der Waals surface area (Å²) in [4.78, 5) is 12.7. The van der Waals surface area contributed by atoms with Gasteiger partial charge in [0.2, 0.25) is 0 Å². The van der Waals surface area contributed by atoms with E-state index in [0.717, 1.165) is 15.4 Å². The number of nitrogens with zero attached hydrogens (tertiary/aromatic N) is 2. The highest BCUT2D eigenvalue weighted by Crippen LogP contribution is 2.26. The molecule has 0 aliphatic heterocycles. The molecule has 3 aromatic rings. The molecule has 154 valence electrons. The van der Waals surface area contributed by atoms with Crippen LogP contribution < -0.4 is 9.73 Å². The maximum absolute atomic E-state index is 13.3. The molecular formula is C23H23N3O3S. The van der Waals surface area contributed by atoms with Crippen molar-refractivity contribution in [3.8, 4) is 0 Å². The Bertz CT molecular complexity index is 1140. The Morgan fingerprint density at radius 2 is 1.47 bits per heavy atom. The third-order valence-electron chi connectivity index (χ3n) is 4.54. The number of aryl methyl sites for hydroxylation is 1. The molecule has 3 aromatic carbocycles. The highest BCUT2D eigenvalue weighted by molar-refractivity contribution is 7.92. The smallest absolute Gasteiger partial charge is 0.264 e. The summed E-state index contributed by atoms with van der Waals surface area (Å²) in [7, 11) is -3.94. The van der Waals surface area contributed by atoms with Crippen LogP contribution in [0.15, 0.2) is 94.9 Å². The predicted molar refractivity (Wildman–Crippen MR) is 119 cm³/mol. The van der Waals surface area contributed by atoms with Gasteiger partial charge in [-0.1, -0.05) is 66.7 Å². The first-order valence-corrected chi connectivity index (χ1v) is 10.9. The number of hydrazone groups is 1. The second-order valence-corrected chi connectivity index (χ2v) is 8.57. The third kappa shape index (κ3) is 4.93. The van der Waals surface area contributed by atoms with E-state index in [-0.39, 0.29) is 4.90 Å². The summed E-state index contributed by atoms with van der Waals surface area (Å²) in [5.41, 5.74) is 5.14. The number of benzene rings is 3. The van der Waals surface area contributed by atoms with E-state index in [0.29, 0.717) is 11.4 Å². The van der Waals surface area contributed by atoms with Gasteiger partial charge in [-0.3, -0.25) is 9.10 Å². The van der Waals surface area contributed by atoms with Crippen molar-refractivity contribution in [2.45, 2.75) is 18.7 Å². The number of amides is 1. The van der Waals surface area contributed by atoms with E-state index in [1.165, 1.54) is 12.1 Å². The zero-order valence-corrected chi connectivity index (χ0v) is 17.6. The number of hydrogen-bond donors (Lipinski definition) is 1. The SMILES string of the molecule is C/C(=N/NC(=O)CN(c1ccccc1C)S(=O)(=O)c1ccccc1)c1ccccc1. The lowest BCUT2D eigenvalue weighted by Gasteiger charge is -2.25. The summed E-state index contributed by atoms with van der Waals surface area (Å²) < 4.78 is 27.7. The van der Waals surface area contributed by atoms with Gasteiger partial charge >= 0.3 is 0 Å². The first-order chi connectivity index (χ1) is 14.4. The van der Waals surface area contributed by atoms with Crippen molar-refractivity contribution in [2.75, 3.05) is 10.8 Å². The molecule has 1 amide bonds. The van der Waals surface area contributed by atoms with Gasteiger partial charge in [0, 0.05) is 0 Å².